The summed E-state index contributed by atoms with van der Waals surface area (Å²) >= 11 is 0. The van der Waals surface area contributed by atoms with Gasteiger partial charge in [0.2, 0.25) is 6.17 Å². The molecule has 186 valence electrons. The number of furan rings is 1. The number of halogens is 1. The van der Waals surface area contributed by atoms with E-state index in [4.69, 9.17) is 9.15 Å². The molecule has 1 N–H and O–H groups in total. The number of benzodiazepines with no additional fused rings is 1. The number of rotatable bonds is 5. The van der Waals surface area contributed by atoms with Gasteiger partial charge in [0.1, 0.15) is 17.2 Å². The molecule has 9 heteroatoms. The lowest BCUT2D eigenvalue weighted by atomic mass is 9.99. The maximum absolute atomic E-state index is 14.9. The number of Topliss-reactive ketones (excluding diaryl/α,β-unsaturated/α-hetero) is 1. The predicted octanol–water partition coefficient (Wildman–Crippen LogP) is 4.86. The summed E-state index contributed by atoms with van der Waals surface area (Å²) in [6.07, 6.45) is -2.26. The summed E-state index contributed by atoms with van der Waals surface area (Å²) in [4.78, 5) is 44.0. The quantitative estimate of drug-likeness (QED) is 0.514. The van der Waals surface area contributed by atoms with Crippen LogP contribution in [0.25, 0.3) is 0 Å². The molecule has 0 bridgehead atoms. The van der Waals surface area contributed by atoms with Crippen LogP contribution in [0.2, 0.25) is 0 Å². The standard InChI is InChI=1S/C27H26FN3O5/c1-16(32)22-14-13-17(35-22)15-31-21-12-8-6-10-19(21)23(18-9-5-7-11-20(18)28)29-24(25(31)33)30-26(34)36-27(2,3)4/h5-14,24H,15H2,1-4H3,(H,30,34)/t24-/m1/s1. The van der Waals surface area contributed by atoms with Crippen molar-refractivity contribution in [3.05, 3.63) is 89.1 Å². The maximum atomic E-state index is 14.9. The van der Waals surface area contributed by atoms with Gasteiger partial charge in [-0.1, -0.05) is 30.3 Å². The maximum Gasteiger partial charge on any atom is 0.409 e. The van der Waals surface area contributed by atoms with Crippen molar-refractivity contribution >= 4 is 29.2 Å². The number of amides is 2. The van der Waals surface area contributed by atoms with Crippen LogP contribution in [-0.2, 0) is 16.1 Å². The molecule has 1 aliphatic heterocycles. The number of hydrogen-bond acceptors (Lipinski definition) is 6. The molecule has 0 fully saturated rings. The van der Waals surface area contributed by atoms with E-state index in [2.05, 4.69) is 10.3 Å². The fourth-order valence-corrected chi connectivity index (χ4v) is 3.78. The van der Waals surface area contributed by atoms with E-state index in [9.17, 15) is 18.8 Å². The van der Waals surface area contributed by atoms with Gasteiger partial charge in [0.25, 0.3) is 5.91 Å². The zero-order valence-corrected chi connectivity index (χ0v) is 20.4. The number of nitrogens with one attached hydrogen (secondary N) is 1. The number of para-hydroxylation sites is 1. The minimum atomic E-state index is -1.41. The van der Waals surface area contributed by atoms with Gasteiger partial charge in [0, 0.05) is 18.1 Å². The number of hydrogen-bond donors (Lipinski definition) is 1. The van der Waals surface area contributed by atoms with Gasteiger partial charge in [-0.3, -0.25) is 14.9 Å². The van der Waals surface area contributed by atoms with E-state index in [0.29, 0.717) is 17.0 Å². The van der Waals surface area contributed by atoms with Gasteiger partial charge >= 0.3 is 6.09 Å². The number of carbonyl (C=O) groups is 3. The molecule has 1 atom stereocenters. The molecule has 0 saturated heterocycles. The van der Waals surface area contributed by atoms with E-state index in [1.165, 1.54) is 24.0 Å². The molecule has 8 nitrogen and oxygen atoms in total. The molecule has 1 aliphatic rings. The number of alkyl carbamates (subject to hydrolysis) is 1. The second-order valence-corrected chi connectivity index (χ2v) is 9.27. The van der Waals surface area contributed by atoms with Crippen LogP contribution < -0.4 is 10.2 Å². The number of fused-ring (bicyclic) bond motifs is 1. The molecular weight excluding hydrogens is 465 g/mol. The van der Waals surface area contributed by atoms with Crippen LogP contribution >= 0.6 is 0 Å². The Morgan fingerprint density at radius 1 is 1.06 bits per heavy atom. The van der Waals surface area contributed by atoms with Crippen molar-refractivity contribution in [3.63, 3.8) is 0 Å². The first-order valence-corrected chi connectivity index (χ1v) is 11.4. The lowest BCUT2D eigenvalue weighted by Gasteiger charge is -2.25. The Morgan fingerprint density at radius 2 is 1.72 bits per heavy atom. The number of aliphatic imine (C=N–C) groups is 1. The van der Waals surface area contributed by atoms with Crippen LogP contribution in [0, 0.1) is 5.82 Å². The molecule has 3 aromatic rings. The SMILES string of the molecule is CC(=O)c1ccc(CN2C(=O)[C@@H](NC(=O)OC(C)(C)C)N=C(c3ccccc3F)c3ccccc32)o1. The minimum absolute atomic E-state index is 0.0459. The Kier molecular flexibility index (Phi) is 6.74. The van der Waals surface area contributed by atoms with Crippen molar-refractivity contribution in [1.82, 2.24) is 5.32 Å². The summed E-state index contributed by atoms with van der Waals surface area (Å²) in [7, 11) is 0. The number of nitrogens with zero attached hydrogens (tertiary/aromatic N) is 2. The van der Waals surface area contributed by atoms with E-state index in [-0.39, 0.29) is 29.4 Å². The Hall–Kier alpha value is -4.27. The molecule has 0 saturated carbocycles. The third-order valence-electron chi connectivity index (χ3n) is 5.31. The highest BCUT2D eigenvalue weighted by Crippen LogP contribution is 2.30. The average molecular weight is 492 g/mol. The normalized spacial score (nSPS) is 15.6. The third-order valence-corrected chi connectivity index (χ3v) is 5.31. The molecule has 0 unspecified atom stereocenters. The second-order valence-electron chi connectivity index (χ2n) is 9.27. The minimum Gasteiger partial charge on any atom is -0.456 e. The lowest BCUT2D eigenvalue weighted by Crippen LogP contribution is -2.48. The van der Waals surface area contributed by atoms with Gasteiger partial charge in [0.15, 0.2) is 11.5 Å². The Balaban J connectivity index is 1.82. The summed E-state index contributed by atoms with van der Waals surface area (Å²) in [5.41, 5.74) is 0.494. The van der Waals surface area contributed by atoms with Crippen molar-refractivity contribution in [2.45, 2.75) is 46.0 Å². The van der Waals surface area contributed by atoms with E-state index in [1.54, 1.807) is 69.3 Å². The average Bonchev–Trinajstić information content (AvgIpc) is 3.25. The highest BCUT2D eigenvalue weighted by molar-refractivity contribution is 6.20. The molecule has 1 aromatic heterocycles. The molecular formula is C27H26FN3O5. The first-order valence-electron chi connectivity index (χ1n) is 11.4. The predicted molar refractivity (Wildman–Crippen MR) is 132 cm³/mol. The summed E-state index contributed by atoms with van der Waals surface area (Å²) in [5.74, 6) is -0.847. The number of carbonyl (C=O) groups excluding carboxylic acids is 3. The molecule has 4 rings (SSSR count). The van der Waals surface area contributed by atoms with Crippen LogP contribution in [0.15, 0.2) is 70.1 Å². The van der Waals surface area contributed by atoms with Crippen molar-refractivity contribution in [3.8, 4) is 0 Å². The van der Waals surface area contributed by atoms with E-state index in [0.717, 1.165) is 0 Å². The highest BCUT2D eigenvalue weighted by atomic mass is 19.1. The second kappa shape index (κ2) is 9.77. The first kappa shape index (κ1) is 24.8. The van der Waals surface area contributed by atoms with E-state index >= 15 is 0 Å². The van der Waals surface area contributed by atoms with Crippen LogP contribution in [0.3, 0.4) is 0 Å². The molecule has 36 heavy (non-hydrogen) atoms. The fraction of sp³-hybridized carbons (Fsp3) is 0.259. The van der Waals surface area contributed by atoms with Gasteiger partial charge in [-0.25, -0.2) is 14.2 Å². The lowest BCUT2D eigenvalue weighted by molar-refractivity contribution is -0.120. The largest absolute Gasteiger partial charge is 0.456 e. The first-order chi connectivity index (χ1) is 17.0. The van der Waals surface area contributed by atoms with Crippen LogP contribution in [0.4, 0.5) is 14.9 Å². The smallest absolute Gasteiger partial charge is 0.409 e. The number of benzene rings is 2. The Bertz CT molecular complexity index is 1360. The number of ether oxygens (including phenoxy) is 1. The highest BCUT2D eigenvalue weighted by Gasteiger charge is 2.35. The molecule has 0 radical (unpaired) electrons. The van der Waals surface area contributed by atoms with E-state index in [1.807, 2.05) is 0 Å². The number of ketones is 1. The summed E-state index contributed by atoms with van der Waals surface area (Å²) in [5, 5.41) is 2.51. The molecule has 0 aliphatic carbocycles. The summed E-state index contributed by atoms with van der Waals surface area (Å²) in [6, 6.07) is 16.1. The van der Waals surface area contributed by atoms with Gasteiger partial charge in [-0.05, 0) is 51.1 Å². The van der Waals surface area contributed by atoms with Gasteiger partial charge in [-0.15, -0.1) is 0 Å². The molecule has 2 amide bonds. The van der Waals surface area contributed by atoms with Crippen molar-refractivity contribution in [1.29, 1.82) is 0 Å². The zero-order chi connectivity index (χ0) is 26.0. The van der Waals surface area contributed by atoms with Crippen LogP contribution in [0.1, 0.15) is 55.1 Å². The van der Waals surface area contributed by atoms with Gasteiger partial charge in [-0.2, -0.15) is 0 Å². The summed E-state index contributed by atoms with van der Waals surface area (Å²) < 4.78 is 25.8. The zero-order valence-electron chi connectivity index (χ0n) is 20.4. The van der Waals surface area contributed by atoms with Crippen LogP contribution in [0.5, 0.6) is 0 Å². The van der Waals surface area contributed by atoms with Crippen molar-refractivity contribution in [2.24, 2.45) is 4.99 Å². The van der Waals surface area contributed by atoms with Crippen molar-refractivity contribution < 1.29 is 27.9 Å². The Morgan fingerprint density at radius 3 is 2.36 bits per heavy atom. The molecule has 0 spiro atoms. The fourth-order valence-electron chi connectivity index (χ4n) is 3.78. The number of anilines is 1. The van der Waals surface area contributed by atoms with Gasteiger partial charge in [0.05, 0.1) is 17.9 Å². The van der Waals surface area contributed by atoms with Gasteiger partial charge < -0.3 is 14.1 Å². The monoisotopic (exact) mass is 491 g/mol. The summed E-state index contributed by atoms with van der Waals surface area (Å²) in [6.45, 7) is 6.42. The molecule has 2 heterocycles. The molecule has 2 aromatic carbocycles. The van der Waals surface area contributed by atoms with E-state index < -0.39 is 29.6 Å². The van der Waals surface area contributed by atoms with Crippen molar-refractivity contribution in [2.75, 3.05) is 4.90 Å². The van der Waals surface area contributed by atoms with Crippen LogP contribution in [-0.4, -0.2) is 35.3 Å². The third kappa shape index (κ3) is 5.35. The topological polar surface area (TPSA) is 101 Å². The Labute approximate surface area is 207 Å².